The SMILES string of the molecule is O=C1CCC=C1[C@H](O)c1ccc(Cl)cc1. The zero-order valence-electron chi connectivity index (χ0n) is 8.11. The van der Waals surface area contributed by atoms with E-state index in [9.17, 15) is 9.90 Å². The van der Waals surface area contributed by atoms with Gasteiger partial charge >= 0.3 is 0 Å². The summed E-state index contributed by atoms with van der Waals surface area (Å²) < 4.78 is 0. The van der Waals surface area contributed by atoms with Crippen molar-refractivity contribution >= 4 is 17.4 Å². The number of carbonyl (C=O) groups is 1. The van der Waals surface area contributed by atoms with E-state index in [0.29, 0.717) is 22.6 Å². The van der Waals surface area contributed by atoms with Crippen LogP contribution in [0.2, 0.25) is 5.02 Å². The summed E-state index contributed by atoms with van der Waals surface area (Å²) in [6, 6.07) is 6.89. The van der Waals surface area contributed by atoms with E-state index < -0.39 is 6.10 Å². The first kappa shape index (κ1) is 10.4. The molecule has 3 heteroatoms. The lowest BCUT2D eigenvalue weighted by molar-refractivity contribution is -0.115. The molecular weight excluding hydrogens is 212 g/mol. The Bertz CT molecular complexity index is 406. The number of carbonyl (C=O) groups excluding carboxylic acids is 1. The van der Waals surface area contributed by atoms with Crippen LogP contribution in [0, 0.1) is 0 Å². The second-order valence-corrected chi connectivity index (χ2v) is 4.01. The van der Waals surface area contributed by atoms with Gasteiger partial charge in [-0.25, -0.2) is 0 Å². The van der Waals surface area contributed by atoms with E-state index in [-0.39, 0.29) is 5.78 Å². The van der Waals surface area contributed by atoms with Gasteiger partial charge in [-0.05, 0) is 24.1 Å². The van der Waals surface area contributed by atoms with Crippen molar-refractivity contribution < 1.29 is 9.90 Å². The molecule has 2 rings (SSSR count). The summed E-state index contributed by atoms with van der Waals surface area (Å²) in [5.41, 5.74) is 1.22. The Morgan fingerprint density at radius 3 is 2.47 bits per heavy atom. The molecule has 0 aromatic heterocycles. The maximum Gasteiger partial charge on any atom is 0.161 e. The van der Waals surface area contributed by atoms with Crippen LogP contribution in [0.1, 0.15) is 24.5 Å². The highest BCUT2D eigenvalue weighted by Crippen LogP contribution is 2.28. The van der Waals surface area contributed by atoms with Crippen LogP contribution in [0.25, 0.3) is 0 Å². The van der Waals surface area contributed by atoms with Gasteiger partial charge in [-0.2, -0.15) is 0 Å². The lowest BCUT2D eigenvalue weighted by atomic mass is 10.0. The van der Waals surface area contributed by atoms with Gasteiger partial charge in [-0.1, -0.05) is 29.8 Å². The van der Waals surface area contributed by atoms with Crippen LogP contribution in [0.4, 0.5) is 0 Å². The van der Waals surface area contributed by atoms with Crippen molar-refractivity contribution in [2.45, 2.75) is 18.9 Å². The lowest BCUT2D eigenvalue weighted by Gasteiger charge is -2.11. The van der Waals surface area contributed by atoms with Gasteiger partial charge in [0.2, 0.25) is 0 Å². The quantitative estimate of drug-likeness (QED) is 0.836. The number of aliphatic hydroxyl groups is 1. The van der Waals surface area contributed by atoms with E-state index in [1.807, 2.05) is 6.08 Å². The molecule has 1 aliphatic rings. The van der Waals surface area contributed by atoms with E-state index in [1.54, 1.807) is 24.3 Å². The Morgan fingerprint density at radius 1 is 1.27 bits per heavy atom. The van der Waals surface area contributed by atoms with Crippen molar-refractivity contribution in [1.29, 1.82) is 0 Å². The van der Waals surface area contributed by atoms with Crippen LogP contribution < -0.4 is 0 Å². The minimum atomic E-state index is -0.808. The molecule has 1 N–H and O–H groups in total. The van der Waals surface area contributed by atoms with Crippen LogP contribution in [0.5, 0.6) is 0 Å². The number of halogens is 1. The molecule has 1 aliphatic carbocycles. The third-order valence-electron chi connectivity index (χ3n) is 2.54. The molecule has 1 atom stereocenters. The smallest absolute Gasteiger partial charge is 0.161 e. The van der Waals surface area contributed by atoms with Gasteiger partial charge in [0.15, 0.2) is 5.78 Å². The maximum atomic E-state index is 11.4. The van der Waals surface area contributed by atoms with Crippen molar-refractivity contribution in [3.05, 3.63) is 46.5 Å². The van der Waals surface area contributed by atoms with Crippen LogP contribution >= 0.6 is 11.6 Å². The van der Waals surface area contributed by atoms with Gasteiger partial charge in [0, 0.05) is 17.0 Å². The van der Waals surface area contributed by atoms with E-state index >= 15 is 0 Å². The molecule has 15 heavy (non-hydrogen) atoms. The van der Waals surface area contributed by atoms with Gasteiger partial charge in [0.05, 0.1) is 0 Å². The van der Waals surface area contributed by atoms with Crippen LogP contribution in [-0.4, -0.2) is 10.9 Å². The second-order valence-electron chi connectivity index (χ2n) is 3.58. The highest BCUT2D eigenvalue weighted by Gasteiger charge is 2.23. The molecule has 0 saturated carbocycles. The summed E-state index contributed by atoms with van der Waals surface area (Å²) in [4.78, 5) is 11.4. The van der Waals surface area contributed by atoms with E-state index in [1.165, 1.54) is 0 Å². The van der Waals surface area contributed by atoms with Crippen molar-refractivity contribution in [3.63, 3.8) is 0 Å². The number of hydrogen-bond donors (Lipinski definition) is 1. The van der Waals surface area contributed by atoms with Crippen molar-refractivity contribution in [1.82, 2.24) is 0 Å². The topological polar surface area (TPSA) is 37.3 Å². The standard InChI is InChI=1S/C12H11ClO2/c13-9-6-4-8(5-7-9)12(15)10-2-1-3-11(10)14/h2,4-7,12,15H,1,3H2/t12-/m1/s1. The molecule has 0 spiro atoms. The summed E-state index contributed by atoms with van der Waals surface area (Å²) in [5, 5.41) is 10.6. The van der Waals surface area contributed by atoms with Gasteiger partial charge in [0.1, 0.15) is 6.10 Å². The third-order valence-corrected chi connectivity index (χ3v) is 2.79. The zero-order chi connectivity index (χ0) is 10.8. The second kappa shape index (κ2) is 4.17. The molecule has 0 radical (unpaired) electrons. The Balaban J connectivity index is 2.24. The predicted octanol–water partition coefficient (Wildman–Crippen LogP) is 2.66. The summed E-state index contributed by atoms with van der Waals surface area (Å²) >= 11 is 5.74. The van der Waals surface area contributed by atoms with Crippen LogP contribution in [0.3, 0.4) is 0 Å². The van der Waals surface area contributed by atoms with E-state index in [0.717, 1.165) is 6.42 Å². The number of Topliss-reactive ketones (excluding diaryl/α,β-unsaturated/α-hetero) is 1. The molecule has 0 amide bonds. The molecule has 78 valence electrons. The van der Waals surface area contributed by atoms with Gasteiger partial charge in [-0.3, -0.25) is 4.79 Å². The fraction of sp³-hybridized carbons (Fsp3) is 0.250. The molecule has 0 fully saturated rings. The number of ketones is 1. The molecule has 0 heterocycles. The zero-order valence-corrected chi connectivity index (χ0v) is 8.87. The van der Waals surface area contributed by atoms with Crippen LogP contribution in [-0.2, 0) is 4.79 Å². The number of allylic oxidation sites excluding steroid dienone is 1. The van der Waals surface area contributed by atoms with Gasteiger partial charge in [0.25, 0.3) is 0 Å². The van der Waals surface area contributed by atoms with Gasteiger partial charge < -0.3 is 5.11 Å². The lowest BCUT2D eigenvalue weighted by Crippen LogP contribution is -2.07. The first-order valence-electron chi connectivity index (χ1n) is 4.85. The Labute approximate surface area is 93.2 Å². The number of benzene rings is 1. The minimum absolute atomic E-state index is 0.0393. The molecule has 0 saturated heterocycles. The third kappa shape index (κ3) is 2.11. The molecule has 0 unspecified atom stereocenters. The molecule has 1 aromatic carbocycles. The average molecular weight is 223 g/mol. The minimum Gasteiger partial charge on any atom is -0.384 e. The summed E-state index contributed by atoms with van der Waals surface area (Å²) in [6.07, 6.45) is 2.25. The molecule has 2 nitrogen and oxygen atoms in total. The predicted molar refractivity (Wildman–Crippen MR) is 58.7 cm³/mol. The van der Waals surface area contributed by atoms with Crippen molar-refractivity contribution in [2.75, 3.05) is 0 Å². The highest BCUT2D eigenvalue weighted by atomic mass is 35.5. The van der Waals surface area contributed by atoms with Crippen molar-refractivity contribution in [3.8, 4) is 0 Å². The number of hydrogen-bond acceptors (Lipinski definition) is 2. The monoisotopic (exact) mass is 222 g/mol. The fourth-order valence-corrected chi connectivity index (χ4v) is 1.83. The summed E-state index contributed by atoms with van der Waals surface area (Å²) in [6.45, 7) is 0. The highest BCUT2D eigenvalue weighted by molar-refractivity contribution is 6.30. The Kier molecular flexibility index (Phi) is 2.89. The fourth-order valence-electron chi connectivity index (χ4n) is 1.71. The maximum absolute atomic E-state index is 11.4. The number of rotatable bonds is 2. The molecule has 0 aliphatic heterocycles. The number of aliphatic hydroxyl groups excluding tert-OH is 1. The molecule has 1 aromatic rings. The normalized spacial score (nSPS) is 17.7. The molecular formula is C12H11ClO2. The summed E-state index contributed by atoms with van der Waals surface area (Å²) in [5.74, 6) is 0.0393. The van der Waals surface area contributed by atoms with E-state index in [4.69, 9.17) is 11.6 Å². The molecule has 0 bridgehead atoms. The first-order valence-corrected chi connectivity index (χ1v) is 5.23. The average Bonchev–Trinajstić information content (AvgIpc) is 2.65. The van der Waals surface area contributed by atoms with Gasteiger partial charge in [-0.15, -0.1) is 0 Å². The Hall–Kier alpha value is -1.12. The first-order chi connectivity index (χ1) is 7.18. The summed E-state index contributed by atoms with van der Waals surface area (Å²) in [7, 11) is 0. The van der Waals surface area contributed by atoms with Crippen molar-refractivity contribution in [2.24, 2.45) is 0 Å². The largest absolute Gasteiger partial charge is 0.384 e. The van der Waals surface area contributed by atoms with E-state index in [2.05, 4.69) is 0 Å². The van der Waals surface area contributed by atoms with Crippen LogP contribution in [0.15, 0.2) is 35.9 Å². The Morgan fingerprint density at radius 2 is 1.93 bits per heavy atom.